The fourth-order valence-corrected chi connectivity index (χ4v) is 2.98. The van der Waals surface area contributed by atoms with E-state index in [1.807, 2.05) is 16.7 Å². The summed E-state index contributed by atoms with van der Waals surface area (Å²) in [5.74, 6) is 1.26. The molecule has 19 heavy (non-hydrogen) atoms. The van der Waals surface area contributed by atoms with Gasteiger partial charge >= 0.3 is 0 Å². The first kappa shape index (κ1) is 14.4. The summed E-state index contributed by atoms with van der Waals surface area (Å²) in [6.45, 7) is 9.82. The smallest absolute Gasteiger partial charge is 0.246 e. The maximum Gasteiger partial charge on any atom is 0.246 e. The van der Waals surface area contributed by atoms with Crippen molar-refractivity contribution in [3.63, 3.8) is 0 Å². The number of hydrogen-bond donors (Lipinski definition) is 0. The highest BCUT2D eigenvalue weighted by atomic mass is 16.2. The Hall–Kier alpha value is -1.06. The lowest BCUT2D eigenvalue weighted by Gasteiger charge is -2.47. The number of amides is 2. The summed E-state index contributed by atoms with van der Waals surface area (Å²) in [5.41, 5.74) is 0. The van der Waals surface area contributed by atoms with Crippen LogP contribution in [0.15, 0.2) is 0 Å². The van der Waals surface area contributed by atoms with Gasteiger partial charge in [0.05, 0.1) is 0 Å². The molecular formula is C15H26N2O2. The van der Waals surface area contributed by atoms with Crippen molar-refractivity contribution in [3.8, 4) is 0 Å². The van der Waals surface area contributed by atoms with Crippen LogP contribution in [0.4, 0.5) is 0 Å². The molecule has 4 nitrogen and oxygen atoms in total. The number of piperidine rings is 1. The lowest BCUT2D eigenvalue weighted by atomic mass is 9.92. The summed E-state index contributed by atoms with van der Waals surface area (Å²) in [6.07, 6.45) is 2.93. The van der Waals surface area contributed by atoms with Crippen molar-refractivity contribution in [2.24, 2.45) is 11.8 Å². The molecule has 2 heterocycles. The van der Waals surface area contributed by atoms with Gasteiger partial charge in [0.25, 0.3) is 0 Å². The molecule has 2 amide bonds. The minimum absolute atomic E-state index is 0.139. The van der Waals surface area contributed by atoms with Gasteiger partial charge in [0.15, 0.2) is 0 Å². The first-order chi connectivity index (χ1) is 8.93. The second-order valence-electron chi connectivity index (χ2n) is 6.43. The van der Waals surface area contributed by atoms with Gasteiger partial charge in [-0.3, -0.25) is 9.59 Å². The van der Waals surface area contributed by atoms with Crippen LogP contribution in [-0.2, 0) is 9.59 Å². The largest absolute Gasteiger partial charge is 0.329 e. The first-order valence-corrected chi connectivity index (χ1v) is 7.54. The van der Waals surface area contributed by atoms with Gasteiger partial charge in [-0.25, -0.2) is 0 Å². The fraction of sp³-hybridized carbons (Fsp3) is 0.867. The van der Waals surface area contributed by atoms with E-state index in [1.54, 1.807) is 0 Å². The number of nitrogens with zero attached hydrogens (tertiary/aromatic N) is 2. The Morgan fingerprint density at radius 1 is 1.16 bits per heavy atom. The van der Waals surface area contributed by atoms with Crippen molar-refractivity contribution in [1.29, 1.82) is 0 Å². The van der Waals surface area contributed by atoms with Gasteiger partial charge in [0, 0.05) is 13.1 Å². The Bertz CT molecular complexity index is 367. The molecule has 3 atom stereocenters. The number of carbonyl (C=O) groups excluding carboxylic acids is 2. The molecule has 2 aliphatic heterocycles. The third kappa shape index (κ3) is 2.63. The van der Waals surface area contributed by atoms with Crippen LogP contribution in [0.2, 0.25) is 0 Å². The third-order valence-corrected chi connectivity index (χ3v) is 4.80. The Morgan fingerprint density at radius 2 is 1.84 bits per heavy atom. The Morgan fingerprint density at radius 3 is 2.47 bits per heavy atom. The molecule has 0 aromatic carbocycles. The maximum absolute atomic E-state index is 12.6. The number of rotatable bonds is 3. The minimum atomic E-state index is -0.289. The lowest BCUT2D eigenvalue weighted by Crippen LogP contribution is -2.65. The highest BCUT2D eigenvalue weighted by Crippen LogP contribution is 2.27. The van der Waals surface area contributed by atoms with Crippen molar-refractivity contribution in [2.75, 3.05) is 13.1 Å². The van der Waals surface area contributed by atoms with Gasteiger partial charge in [0.1, 0.15) is 12.1 Å². The van der Waals surface area contributed by atoms with Gasteiger partial charge in [-0.15, -0.1) is 0 Å². The molecule has 0 aromatic heterocycles. The summed E-state index contributed by atoms with van der Waals surface area (Å²) in [6, 6.07) is -0.472. The number of piperazine rings is 1. The molecule has 3 unspecified atom stereocenters. The molecule has 2 aliphatic rings. The standard InChI is InChI=1S/C15H26N2O2/c1-10(2)11(3)9-17-12(4)14(18)16-8-6-5-7-13(16)15(17)19/h10-13H,5-9H2,1-4H3. The van der Waals surface area contributed by atoms with Crippen LogP contribution in [0, 0.1) is 11.8 Å². The molecule has 108 valence electrons. The summed E-state index contributed by atoms with van der Waals surface area (Å²) in [5, 5.41) is 0. The molecule has 0 aromatic rings. The highest BCUT2D eigenvalue weighted by Gasteiger charge is 2.44. The third-order valence-electron chi connectivity index (χ3n) is 4.80. The second-order valence-corrected chi connectivity index (χ2v) is 6.43. The van der Waals surface area contributed by atoms with Crippen LogP contribution in [0.5, 0.6) is 0 Å². The maximum atomic E-state index is 12.6. The van der Waals surface area contributed by atoms with E-state index >= 15 is 0 Å². The Kier molecular flexibility index (Phi) is 4.16. The molecule has 4 heteroatoms. The van der Waals surface area contributed by atoms with Crippen LogP contribution in [0.3, 0.4) is 0 Å². The average Bonchev–Trinajstić information content (AvgIpc) is 2.40. The minimum Gasteiger partial charge on any atom is -0.329 e. The van der Waals surface area contributed by atoms with E-state index in [0.717, 1.165) is 25.8 Å². The van der Waals surface area contributed by atoms with Crippen molar-refractivity contribution in [3.05, 3.63) is 0 Å². The van der Waals surface area contributed by atoms with Crippen molar-refractivity contribution < 1.29 is 9.59 Å². The SMILES string of the molecule is CC(C)C(C)CN1C(=O)C2CCCCN2C(=O)C1C. The lowest BCUT2D eigenvalue weighted by molar-refractivity contribution is -0.163. The zero-order chi connectivity index (χ0) is 14.2. The van der Waals surface area contributed by atoms with Crippen LogP contribution in [0.25, 0.3) is 0 Å². The molecule has 0 aliphatic carbocycles. The predicted molar refractivity (Wildman–Crippen MR) is 74.5 cm³/mol. The quantitative estimate of drug-likeness (QED) is 0.782. The molecule has 0 saturated carbocycles. The van der Waals surface area contributed by atoms with Crippen molar-refractivity contribution in [1.82, 2.24) is 9.80 Å². The van der Waals surface area contributed by atoms with E-state index in [1.165, 1.54) is 0 Å². The fourth-order valence-electron chi connectivity index (χ4n) is 2.98. The molecule has 0 spiro atoms. The van der Waals surface area contributed by atoms with E-state index < -0.39 is 0 Å². The highest BCUT2D eigenvalue weighted by molar-refractivity contribution is 5.96. The zero-order valence-electron chi connectivity index (χ0n) is 12.6. The Labute approximate surface area is 116 Å². The van der Waals surface area contributed by atoms with Crippen molar-refractivity contribution in [2.45, 2.75) is 59.0 Å². The molecule has 0 radical (unpaired) electrons. The Balaban J connectivity index is 2.15. The van der Waals surface area contributed by atoms with Crippen LogP contribution < -0.4 is 0 Å². The molecule has 2 rings (SSSR count). The predicted octanol–water partition coefficient (Wildman–Crippen LogP) is 1.89. The van der Waals surface area contributed by atoms with Crippen molar-refractivity contribution >= 4 is 11.8 Å². The van der Waals surface area contributed by atoms with Crippen LogP contribution in [0.1, 0.15) is 47.0 Å². The summed E-state index contributed by atoms with van der Waals surface area (Å²) < 4.78 is 0. The van der Waals surface area contributed by atoms with E-state index in [9.17, 15) is 9.59 Å². The van der Waals surface area contributed by atoms with E-state index in [4.69, 9.17) is 0 Å². The van der Waals surface area contributed by atoms with Gasteiger partial charge in [-0.2, -0.15) is 0 Å². The molecular weight excluding hydrogens is 240 g/mol. The molecule has 0 bridgehead atoms. The second kappa shape index (κ2) is 5.51. The zero-order valence-corrected chi connectivity index (χ0v) is 12.6. The van der Waals surface area contributed by atoms with Gasteiger partial charge in [0.2, 0.25) is 11.8 Å². The normalized spacial score (nSPS) is 29.7. The topological polar surface area (TPSA) is 40.6 Å². The summed E-state index contributed by atoms with van der Waals surface area (Å²) in [4.78, 5) is 28.6. The van der Waals surface area contributed by atoms with E-state index in [-0.39, 0.29) is 23.9 Å². The first-order valence-electron chi connectivity index (χ1n) is 7.54. The monoisotopic (exact) mass is 266 g/mol. The van der Waals surface area contributed by atoms with Crippen LogP contribution in [-0.4, -0.2) is 46.8 Å². The molecule has 2 fully saturated rings. The van der Waals surface area contributed by atoms with Gasteiger partial charge in [-0.1, -0.05) is 20.8 Å². The summed E-state index contributed by atoms with van der Waals surface area (Å²) >= 11 is 0. The summed E-state index contributed by atoms with van der Waals surface area (Å²) in [7, 11) is 0. The number of fused-ring (bicyclic) bond motifs is 1. The van der Waals surface area contributed by atoms with E-state index in [2.05, 4.69) is 20.8 Å². The van der Waals surface area contributed by atoms with Crippen LogP contribution >= 0.6 is 0 Å². The number of carbonyl (C=O) groups is 2. The molecule has 0 N–H and O–H groups in total. The van der Waals surface area contributed by atoms with Gasteiger partial charge < -0.3 is 9.80 Å². The average molecular weight is 266 g/mol. The number of hydrogen-bond acceptors (Lipinski definition) is 2. The van der Waals surface area contributed by atoms with Gasteiger partial charge in [-0.05, 0) is 38.0 Å². The molecule has 2 saturated heterocycles. The van der Waals surface area contributed by atoms with E-state index in [0.29, 0.717) is 18.4 Å².